The first-order chi connectivity index (χ1) is 14.6. The predicted octanol–water partition coefficient (Wildman–Crippen LogP) is 4.31. The summed E-state index contributed by atoms with van der Waals surface area (Å²) in [7, 11) is 3.18. The van der Waals surface area contributed by atoms with E-state index in [2.05, 4.69) is 10.1 Å². The number of likely N-dealkylation sites (tertiary alicyclic amines) is 1. The van der Waals surface area contributed by atoms with E-state index in [0.717, 1.165) is 29.7 Å². The lowest BCUT2D eigenvalue weighted by atomic mass is 10.1. The van der Waals surface area contributed by atoms with Crippen LogP contribution in [-0.2, 0) is 11.2 Å². The molecule has 1 atom stereocenters. The van der Waals surface area contributed by atoms with Crippen molar-refractivity contribution in [2.24, 2.45) is 0 Å². The molecule has 0 aliphatic carbocycles. The molecule has 0 radical (unpaired) electrons. The van der Waals surface area contributed by atoms with Gasteiger partial charge in [0, 0.05) is 12.1 Å². The van der Waals surface area contributed by atoms with Gasteiger partial charge >= 0.3 is 0 Å². The van der Waals surface area contributed by atoms with Crippen molar-refractivity contribution in [3.8, 4) is 22.9 Å². The lowest BCUT2D eigenvalue weighted by molar-refractivity contribution is -0.131. The minimum absolute atomic E-state index is 0.00271. The highest BCUT2D eigenvalue weighted by Gasteiger charge is 2.34. The Hall–Kier alpha value is -3.06. The van der Waals surface area contributed by atoms with E-state index >= 15 is 0 Å². The zero-order chi connectivity index (χ0) is 21.1. The van der Waals surface area contributed by atoms with Crippen LogP contribution in [0.25, 0.3) is 11.4 Å². The molecule has 156 valence electrons. The minimum Gasteiger partial charge on any atom is -0.497 e. The number of aromatic nitrogens is 2. The summed E-state index contributed by atoms with van der Waals surface area (Å²) in [6.45, 7) is 0.660. The predicted molar refractivity (Wildman–Crippen MR) is 112 cm³/mol. The number of carbonyl (C=O) groups excluding carboxylic acids is 1. The average Bonchev–Trinajstić information content (AvgIpc) is 3.43. The van der Waals surface area contributed by atoms with Crippen LogP contribution >= 0.6 is 11.6 Å². The zero-order valence-electron chi connectivity index (χ0n) is 16.8. The molecule has 1 saturated heterocycles. The molecule has 2 heterocycles. The normalized spacial score (nSPS) is 16.0. The number of amides is 1. The number of carbonyl (C=O) groups is 1. The fourth-order valence-electron chi connectivity index (χ4n) is 3.65. The van der Waals surface area contributed by atoms with Gasteiger partial charge in [-0.3, -0.25) is 4.79 Å². The Morgan fingerprint density at radius 3 is 2.70 bits per heavy atom. The molecule has 0 saturated carbocycles. The van der Waals surface area contributed by atoms with Crippen LogP contribution in [0, 0.1) is 0 Å². The Bertz CT molecular complexity index is 1040. The second kappa shape index (κ2) is 8.75. The molecule has 1 amide bonds. The Morgan fingerprint density at radius 2 is 2.00 bits per heavy atom. The van der Waals surface area contributed by atoms with Crippen LogP contribution < -0.4 is 9.47 Å². The summed E-state index contributed by atoms with van der Waals surface area (Å²) in [5.41, 5.74) is 1.66. The molecule has 1 fully saturated rings. The number of halogens is 1. The molecule has 3 aromatic rings. The highest BCUT2D eigenvalue weighted by molar-refractivity contribution is 6.32. The third-order valence-corrected chi connectivity index (χ3v) is 5.52. The van der Waals surface area contributed by atoms with Crippen molar-refractivity contribution < 1.29 is 18.8 Å². The Balaban J connectivity index is 1.48. The number of benzene rings is 2. The van der Waals surface area contributed by atoms with E-state index in [1.165, 1.54) is 0 Å². The monoisotopic (exact) mass is 427 g/mol. The van der Waals surface area contributed by atoms with Gasteiger partial charge in [0.1, 0.15) is 17.5 Å². The average molecular weight is 428 g/mol. The number of hydrogen-bond acceptors (Lipinski definition) is 6. The molecule has 2 aromatic carbocycles. The highest BCUT2D eigenvalue weighted by atomic mass is 35.5. The molecule has 1 aliphatic rings. The summed E-state index contributed by atoms with van der Waals surface area (Å²) in [5, 5.41) is 4.59. The third kappa shape index (κ3) is 4.11. The summed E-state index contributed by atoms with van der Waals surface area (Å²) >= 11 is 6.19. The number of nitrogens with zero attached hydrogens (tertiary/aromatic N) is 3. The van der Waals surface area contributed by atoms with Crippen molar-refractivity contribution in [3.63, 3.8) is 0 Å². The summed E-state index contributed by atoms with van der Waals surface area (Å²) in [6, 6.07) is 12.6. The number of rotatable bonds is 6. The van der Waals surface area contributed by atoms with Crippen molar-refractivity contribution in [1.29, 1.82) is 0 Å². The van der Waals surface area contributed by atoms with E-state index < -0.39 is 0 Å². The minimum atomic E-state index is -0.217. The Labute approximate surface area is 179 Å². The van der Waals surface area contributed by atoms with Crippen LogP contribution in [0.2, 0.25) is 5.02 Å². The van der Waals surface area contributed by atoms with E-state index in [1.54, 1.807) is 26.4 Å². The molecular formula is C22H22ClN3O4. The van der Waals surface area contributed by atoms with Gasteiger partial charge in [-0.1, -0.05) is 22.8 Å². The van der Waals surface area contributed by atoms with Crippen LogP contribution in [0.15, 0.2) is 47.0 Å². The molecule has 0 N–H and O–H groups in total. The Morgan fingerprint density at radius 1 is 1.20 bits per heavy atom. The molecule has 1 aliphatic heterocycles. The number of ether oxygens (including phenoxy) is 2. The van der Waals surface area contributed by atoms with E-state index in [0.29, 0.717) is 29.0 Å². The topological polar surface area (TPSA) is 77.7 Å². The van der Waals surface area contributed by atoms with Crippen molar-refractivity contribution >= 4 is 17.5 Å². The molecule has 30 heavy (non-hydrogen) atoms. The van der Waals surface area contributed by atoms with Crippen LogP contribution in [0.5, 0.6) is 11.5 Å². The maximum Gasteiger partial charge on any atom is 0.249 e. The molecule has 0 bridgehead atoms. The second-order valence-electron chi connectivity index (χ2n) is 7.08. The second-order valence-corrected chi connectivity index (χ2v) is 7.48. The number of methoxy groups -OCH3 is 2. The van der Waals surface area contributed by atoms with Gasteiger partial charge in [-0.05, 0) is 54.8 Å². The first kappa shape index (κ1) is 20.2. The smallest absolute Gasteiger partial charge is 0.249 e. The van der Waals surface area contributed by atoms with Gasteiger partial charge in [-0.2, -0.15) is 4.98 Å². The van der Waals surface area contributed by atoms with Crippen molar-refractivity contribution in [3.05, 3.63) is 58.9 Å². The van der Waals surface area contributed by atoms with Crippen molar-refractivity contribution in [2.45, 2.75) is 25.3 Å². The lowest BCUT2D eigenvalue weighted by Gasteiger charge is -2.22. The molecule has 4 rings (SSSR count). The van der Waals surface area contributed by atoms with E-state index in [4.69, 9.17) is 25.6 Å². The SMILES string of the molecule is COc1ccc(-c2noc(C3CCCN3C(=O)Cc3ccc(OC)c(Cl)c3)n2)cc1. The van der Waals surface area contributed by atoms with Crippen molar-refractivity contribution in [2.75, 3.05) is 20.8 Å². The summed E-state index contributed by atoms with van der Waals surface area (Å²) in [4.78, 5) is 19.3. The standard InChI is InChI=1S/C22H22ClN3O4/c1-28-16-8-6-15(7-9-16)21-24-22(30-25-21)18-4-3-11-26(18)20(27)13-14-5-10-19(29-2)17(23)12-14/h5-10,12,18H,3-4,11,13H2,1-2H3. The highest BCUT2D eigenvalue weighted by Crippen LogP contribution is 2.33. The summed E-state index contributed by atoms with van der Waals surface area (Å²) in [5.74, 6) is 2.30. The molecule has 0 spiro atoms. The largest absolute Gasteiger partial charge is 0.497 e. The molecular weight excluding hydrogens is 406 g/mol. The van der Waals surface area contributed by atoms with Crippen molar-refractivity contribution in [1.82, 2.24) is 15.0 Å². The van der Waals surface area contributed by atoms with Gasteiger partial charge in [-0.25, -0.2) is 0 Å². The van der Waals surface area contributed by atoms with E-state index in [-0.39, 0.29) is 18.4 Å². The Kier molecular flexibility index (Phi) is 5.90. The van der Waals surface area contributed by atoms with Gasteiger partial charge in [0.2, 0.25) is 17.6 Å². The van der Waals surface area contributed by atoms with Gasteiger partial charge in [0.25, 0.3) is 0 Å². The van der Waals surface area contributed by atoms with Gasteiger partial charge in [-0.15, -0.1) is 0 Å². The quantitative estimate of drug-likeness (QED) is 0.583. The van der Waals surface area contributed by atoms with Crippen LogP contribution in [-0.4, -0.2) is 41.7 Å². The third-order valence-electron chi connectivity index (χ3n) is 5.22. The molecule has 8 heteroatoms. The van der Waals surface area contributed by atoms with E-state index in [1.807, 2.05) is 35.2 Å². The molecule has 1 aromatic heterocycles. The summed E-state index contributed by atoms with van der Waals surface area (Å²) < 4.78 is 15.9. The number of hydrogen-bond donors (Lipinski definition) is 0. The lowest BCUT2D eigenvalue weighted by Crippen LogP contribution is -2.32. The fourth-order valence-corrected chi connectivity index (χ4v) is 3.93. The summed E-state index contributed by atoms with van der Waals surface area (Å²) in [6.07, 6.45) is 1.93. The van der Waals surface area contributed by atoms with Crippen LogP contribution in [0.1, 0.15) is 30.3 Å². The molecule has 1 unspecified atom stereocenters. The fraction of sp³-hybridized carbons (Fsp3) is 0.318. The van der Waals surface area contributed by atoms with E-state index in [9.17, 15) is 4.79 Å². The zero-order valence-corrected chi connectivity index (χ0v) is 17.6. The molecule has 7 nitrogen and oxygen atoms in total. The first-order valence-electron chi connectivity index (χ1n) is 9.69. The van der Waals surface area contributed by atoms with Crippen LogP contribution in [0.4, 0.5) is 0 Å². The van der Waals surface area contributed by atoms with Gasteiger partial charge in [0.05, 0.1) is 25.7 Å². The van der Waals surface area contributed by atoms with Crippen LogP contribution in [0.3, 0.4) is 0 Å². The van der Waals surface area contributed by atoms with Gasteiger partial charge in [0.15, 0.2) is 0 Å². The first-order valence-corrected chi connectivity index (χ1v) is 10.1. The maximum atomic E-state index is 13.0. The van der Waals surface area contributed by atoms with Gasteiger partial charge < -0.3 is 18.9 Å². The maximum absolute atomic E-state index is 13.0.